The number of hydrogen-bond acceptors (Lipinski definition) is 5. The predicted molar refractivity (Wildman–Crippen MR) is 68.2 cm³/mol. The van der Waals surface area contributed by atoms with Crippen molar-refractivity contribution < 1.29 is 10.4 Å². The van der Waals surface area contributed by atoms with Crippen molar-refractivity contribution in [1.29, 1.82) is 0 Å². The minimum atomic E-state index is -1.75. The van der Waals surface area contributed by atoms with Crippen LogP contribution >= 0.6 is 0 Å². The van der Waals surface area contributed by atoms with Gasteiger partial charge in [0.05, 0.1) is 16.5 Å². The topological polar surface area (TPSA) is 109 Å². The molecule has 7 nitrogen and oxygen atoms in total. The monoisotopic (exact) mass is 262 g/mol. The Balaban J connectivity index is 0.000000399. The van der Waals surface area contributed by atoms with Crippen LogP contribution in [0.25, 0.3) is 0 Å². The van der Waals surface area contributed by atoms with Crippen LogP contribution in [-0.2, 0) is 13.1 Å². The Bertz CT molecular complexity index is 435. The van der Waals surface area contributed by atoms with Gasteiger partial charge in [0.1, 0.15) is 13.1 Å². The molecule has 0 aliphatic heterocycles. The van der Waals surface area contributed by atoms with E-state index in [1.807, 2.05) is 48.8 Å². The highest BCUT2D eigenvalue weighted by atomic mass is 16.9. The lowest BCUT2D eigenvalue weighted by Gasteiger charge is -2.00. The Hall–Kier alpha value is -2.54. The van der Waals surface area contributed by atoms with Crippen molar-refractivity contribution in [2.24, 2.45) is 0 Å². The van der Waals surface area contributed by atoms with Crippen LogP contribution in [0.4, 0.5) is 0 Å². The van der Waals surface area contributed by atoms with Crippen molar-refractivity contribution in [3.05, 3.63) is 75.5 Å². The van der Waals surface area contributed by atoms with Gasteiger partial charge < -0.3 is 20.6 Å². The van der Waals surface area contributed by atoms with Crippen LogP contribution in [0.1, 0.15) is 11.4 Å². The van der Waals surface area contributed by atoms with Crippen LogP contribution < -0.4 is 5.32 Å². The first kappa shape index (κ1) is 14.5. The molecule has 7 heteroatoms. The van der Waals surface area contributed by atoms with Crippen molar-refractivity contribution in [3.8, 4) is 0 Å². The maximum atomic E-state index is 8.25. The molecule has 19 heavy (non-hydrogen) atoms. The first-order chi connectivity index (χ1) is 9.18. The van der Waals surface area contributed by atoms with Crippen molar-refractivity contribution in [3.63, 3.8) is 0 Å². The van der Waals surface area contributed by atoms with Gasteiger partial charge in [-0.3, -0.25) is 9.97 Å². The van der Waals surface area contributed by atoms with E-state index >= 15 is 0 Å². The first-order valence-corrected chi connectivity index (χ1v) is 5.61. The maximum absolute atomic E-state index is 8.25. The van der Waals surface area contributed by atoms with Gasteiger partial charge in [0.2, 0.25) is 0 Å². The van der Waals surface area contributed by atoms with Crippen molar-refractivity contribution in [2.75, 3.05) is 0 Å². The first-order valence-electron chi connectivity index (χ1n) is 5.61. The zero-order chi connectivity index (χ0) is 13.9. The smallest absolute Gasteiger partial charge is 0.119 e. The van der Waals surface area contributed by atoms with Gasteiger partial charge in [-0.25, -0.2) is 0 Å². The van der Waals surface area contributed by atoms with Gasteiger partial charge in [-0.2, -0.15) is 0 Å². The molecule has 0 amide bonds. The van der Waals surface area contributed by atoms with Crippen LogP contribution in [0.2, 0.25) is 0 Å². The summed E-state index contributed by atoms with van der Waals surface area (Å²) in [5.74, 6) is 0. The minimum absolute atomic E-state index is 0.900. The third-order valence-electron chi connectivity index (χ3n) is 2.16. The lowest BCUT2D eigenvalue weighted by molar-refractivity contribution is -0.687. The molecule has 0 spiro atoms. The minimum Gasteiger partial charge on any atom is -0.356 e. The summed E-state index contributed by atoms with van der Waals surface area (Å²) in [6.07, 6.45) is 3.65. The fraction of sp³-hybridized carbons (Fsp3) is 0.167. The molecule has 0 aromatic carbocycles. The molecule has 0 radical (unpaired) electrons. The number of aromatic nitrogens is 2. The molecule has 0 aliphatic carbocycles. The number of pyridine rings is 2. The van der Waals surface area contributed by atoms with Gasteiger partial charge in [-0.05, 0) is 24.3 Å². The number of quaternary nitrogens is 1. The quantitative estimate of drug-likeness (QED) is 0.637. The van der Waals surface area contributed by atoms with E-state index in [0.717, 1.165) is 24.5 Å². The summed E-state index contributed by atoms with van der Waals surface area (Å²) >= 11 is 0. The standard InChI is InChI=1S/C12H13N3.NO3/c1-3-7-14-11(5-1)9-13-10-12-6-2-4-8-15-12;2-1(3)4/h1-8,13H,9-10H2;/q;-1/p+1. The lowest BCUT2D eigenvalue weighted by Crippen LogP contribution is -2.81. The van der Waals surface area contributed by atoms with Crippen molar-refractivity contribution in [2.45, 2.75) is 13.1 Å². The highest BCUT2D eigenvalue weighted by molar-refractivity contribution is 5.02. The molecule has 0 saturated heterocycles. The Morgan fingerprint density at radius 3 is 1.68 bits per heavy atom. The third kappa shape index (κ3) is 7.40. The van der Waals surface area contributed by atoms with E-state index in [9.17, 15) is 0 Å². The zero-order valence-corrected chi connectivity index (χ0v) is 10.2. The summed E-state index contributed by atoms with van der Waals surface area (Å²) in [6.45, 7) is 1.80. The van der Waals surface area contributed by atoms with E-state index in [1.54, 1.807) is 0 Å². The number of nitrogens with zero attached hydrogens (tertiary/aromatic N) is 3. The summed E-state index contributed by atoms with van der Waals surface area (Å²) < 4.78 is 0. The second kappa shape index (κ2) is 8.54. The molecule has 2 heterocycles. The molecule has 0 atom stereocenters. The van der Waals surface area contributed by atoms with Crippen molar-refractivity contribution >= 4 is 0 Å². The number of hydrogen-bond donors (Lipinski definition) is 1. The Kier molecular flexibility index (Phi) is 6.52. The van der Waals surface area contributed by atoms with Crippen LogP contribution in [0.5, 0.6) is 0 Å². The van der Waals surface area contributed by atoms with Gasteiger partial charge in [-0.1, -0.05) is 12.1 Å². The fourth-order valence-electron chi connectivity index (χ4n) is 1.41. The molecule has 2 rings (SSSR count). The normalized spacial score (nSPS) is 9.26. The highest BCUT2D eigenvalue weighted by Gasteiger charge is 1.97. The molecule has 0 saturated carbocycles. The van der Waals surface area contributed by atoms with E-state index in [4.69, 9.17) is 15.3 Å². The summed E-state index contributed by atoms with van der Waals surface area (Å²) in [7, 11) is 0. The Labute approximate surface area is 110 Å². The number of rotatable bonds is 4. The Morgan fingerprint density at radius 2 is 1.37 bits per heavy atom. The van der Waals surface area contributed by atoms with E-state index < -0.39 is 5.09 Å². The van der Waals surface area contributed by atoms with Gasteiger partial charge in [0, 0.05) is 12.4 Å². The summed E-state index contributed by atoms with van der Waals surface area (Å²) in [6, 6.07) is 12.0. The average Bonchev–Trinajstić information content (AvgIpc) is 2.41. The van der Waals surface area contributed by atoms with Gasteiger partial charge in [0.15, 0.2) is 0 Å². The van der Waals surface area contributed by atoms with Gasteiger partial charge in [-0.15, -0.1) is 0 Å². The summed E-state index contributed by atoms with van der Waals surface area (Å²) in [4.78, 5) is 16.8. The predicted octanol–water partition coefficient (Wildman–Crippen LogP) is 0.501. The van der Waals surface area contributed by atoms with Crippen LogP contribution in [-0.4, -0.2) is 15.1 Å². The zero-order valence-electron chi connectivity index (χ0n) is 10.2. The third-order valence-corrected chi connectivity index (χ3v) is 2.16. The van der Waals surface area contributed by atoms with E-state index in [-0.39, 0.29) is 0 Å². The lowest BCUT2D eigenvalue weighted by atomic mass is 10.3. The van der Waals surface area contributed by atoms with Crippen LogP contribution in [0.3, 0.4) is 0 Å². The molecule has 0 bridgehead atoms. The second-order valence-corrected chi connectivity index (χ2v) is 3.56. The Morgan fingerprint density at radius 1 is 0.947 bits per heavy atom. The molecule has 2 N–H and O–H groups in total. The molecular formula is C12H14N4O3. The van der Waals surface area contributed by atoms with Crippen LogP contribution in [0.15, 0.2) is 48.8 Å². The largest absolute Gasteiger partial charge is 0.356 e. The van der Waals surface area contributed by atoms with E-state index in [1.165, 1.54) is 0 Å². The molecule has 0 unspecified atom stereocenters. The van der Waals surface area contributed by atoms with Crippen molar-refractivity contribution in [1.82, 2.24) is 9.97 Å². The SMILES string of the molecule is O=[N+]([O-])[O-].c1ccc(C[NH2+]Cc2ccccn2)nc1. The van der Waals surface area contributed by atoms with Gasteiger partial charge >= 0.3 is 0 Å². The summed E-state index contributed by atoms with van der Waals surface area (Å²) in [5.41, 5.74) is 2.21. The highest BCUT2D eigenvalue weighted by Crippen LogP contribution is 1.91. The molecule has 100 valence electrons. The number of nitrogens with two attached hydrogens (primary N) is 1. The molecule has 0 fully saturated rings. The maximum Gasteiger partial charge on any atom is 0.119 e. The molecular weight excluding hydrogens is 248 g/mol. The molecule has 2 aromatic heterocycles. The van der Waals surface area contributed by atoms with Crippen LogP contribution in [0, 0.1) is 15.3 Å². The second-order valence-electron chi connectivity index (χ2n) is 3.56. The molecule has 0 aliphatic rings. The van der Waals surface area contributed by atoms with E-state index in [2.05, 4.69) is 15.3 Å². The fourth-order valence-corrected chi connectivity index (χ4v) is 1.41. The summed E-state index contributed by atoms with van der Waals surface area (Å²) in [5, 5.41) is 16.9. The van der Waals surface area contributed by atoms with E-state index in [0.29, 0.717) is 0 Å². The molecule has 2 aromatic rings. The average molecular weight is 262 g/mol. The van der Waals surface area contributed by atoms with Gasteiger partial charge in [0.25, 0.3) is 0 Å².